The highest BCUT2D eigenvalue weighted by atomic mass is 16.3. The third-order valence-electron chi connectivity index (χ3n) is 2.77. The third kappa shape index (κ3) is 3.06. The molecule has 0 saturated heterocycles. The van der Waals surface area contributed by atoms with E-state index in [0.29, 0.717) is 6.04 Å². The van der Waals surface area contributed by atoms with Gasteiger partial charge < -0.3 is 15.7 Å². The number of aliphatic hydroxyl groups is 1. The molecule has 5 heteroatoms. The van der Waals surface area contributed by atoms with Crippen LogP contribution in [0.4, 0.5) is 11.6 Å². The lowest BCUT2D eigenvalue weighted by atomic mass is 9.93. The topological polar surface area (TPSA) is 70.1 Å². The number of nitrogens with zero attached hydrogens (tertiary/aromatic N) is 2. The van der Waals surface area contributed by atoms with Crippen LogP contribution < -0.4 is 10.6 Å². The molecule has 0 radical (unpaired) electrons. The van der Waals surface area contributed by atoms with Gasteiger partial charge >= 0.3 is 0 Å². The molecule has 1 aromatic heterocycles. The van der Waals surface area contributed by atoms with E-state index in [9.17, 15) is 0 Å². The quantitative estimate of drug-likeness (QED) is 0.632. The number of aromatic nitrogens is 2. The maximum Gasteiger partial charge on any atom is 0.131 e. The van der Waals surface area contributed by atoms with Crippen LogP contribution in [-0.4, -0.2) is 34.3 Å². The van der Waals surface area contributed by atoms with E-state index in [0.717, 1.165) is 24.6 Å². The molecule has 0 amide bonds. The highest BCUT2D eigenvalue weighted by Gasteiger charge is 2.17. The second-order valence-electron chi connectivity index (χ2n) is 4.06. The lowest BCUT2D eigenvalue weighted by molar-refractivity contribution is 0.292. The van der Waals surface area contributed by atoms with E-state index >= 15 is 0 Å². The highest BCUT2D eigenvalue weighted by molar-refractivity contribution is 5.47. The van der Waals surface area contributed by atoms with Crippen molar-refractivity contribution in [3.8, 4) is 0 Å². The average Bonchev–Trinajstić information content (AvgIpc) is 2.25. The Balaban J connectivity index is 1.85. The zero-order valence-electron chi connectivity index (χ0n) is 9.32. The summed E-state index contributed by atoms with van der Waals surface area (Å²) in [6, 6.07) is 2.50. The zero-order valence-corrected chi connectivity index (χ0v) is 9.32. The summed E-state index contributed by atoms with van der Waals surface area (Å²) in [6.45, 7) is 0.932. The van der Waals surface area contributed by atoms with E-state index in [-0.39, 0.29) is 6.61 Å². The number of nitrogens with one attached hydrogen (secondary N) is 2. The maximum atomic E-state index is 8.67. The number of rotatable bonds is 6. The van der Waals surface area contributed by atoms with E-state index in [2.05, 4.69) is 20.6 Å². The van der Waals surface area contributed by atoms with Gasteiger partial charge in [-0.15, -0.1) is 0 Å². The van der Waals surface area contributed by atoms with Crippen LogP contribution in [-0.2, 0) is 0 Å². The molecule has 0 aliphatic heterocycles. The lowest BCUT2D eigenvalue weighted by Crippen LogP contribution is -2.27. The molecule has 0 spiro atoms. The minimum Gasteiger partial charge on any atom is -0.396 e. The molecule has 88 valence electrons. The summed E-state index contributed by atoms with van der Waals surface area (Å²) in [5.74, 6) is 1.69. The van der Waals surface area contributed by atoms with E-state index in [1.165, 1.54) is 19.3 Å². The number of anilines is 2. The molecular formula is C11H18N4O. The standard InChI is InChI=1S/C11H18N4O/c16-6-2-5-12-10-7-11(14-8-13-10)15-9-3-1-4-9/h7-9,16H,1-6H2,(H2,12,13,14,15). The Hall–Kier alpha value is -1.36. The van der Waals surface area contributed by atoms with Crippen LogP contribution in [0.5, 0.6) is 0 Å². The van der Waals surface area contributed by atoms with Crippen LogP contribution in [0.1, 0.15) is 25.7 Å². The van der Waals surface area contributed by atoms with Crippen molar-refractivity contribution in [2.24, 2.45) is 0 Å². The second kappa shape index (κ2) is 5.65. The predicted octanol–water partition coefficient (Wildman–Crippen LogP) is 1.24. The molecule has 16 heavy (non-hydrogen) atoms. The van der Waals surface area contributed by atoms with Gasteiger partial charge in [0.05, 0.1) is 0 Å². The fourth-order valence-corrected chi connectivity index (χ4v) is 1.59. The van der Waals surface area contributed by atoms with Gasteiger partial charge in [0.2, 0.25) is 0 Å². The molecule has 0 unspecified atom stereocenters. The molecule has 1 saturated carbocycles. The Morgan fingerprint density at radius 1 is 1.31 bits per heavy atom. The van der Waals surface area contributed by atoms with Crippen LogP contribution >= 0.6 is 0 Å². The van der Waals surface area contributed by atoms with Gasteiger partial charge in [0, 0.05) is 25.3 Å². The first-order valence-electron chi connectivity index (χ1n) is 5.82. The van der Waals surface area contributed by atoms with Crippen molar-refractivity contribution in [1.29, 1.82) is 0 Å². The Morgan fingerprint density at radius 2 is 2.12 bits per heavy atom. The highest BCUT2D eigenvalue weighted by Crippen LogP contribution is 2.22. The molecule has 1 aliphatic rings. The van der Waals surface area contributed by atoms with Crippen LogP contribution in [0.25, 0.3) is 0 Å². The molecule has 0 bridgehead atoms. The molecule has 1 aromatic rings. The smallest absolute Gasteiger partial charge is 0.131 e. The summed E-state index contributed by atoms with van der Waals surface area (Å²) >= 11 is 0. The molecule has 1 heterocycles. The van der Waals surface area contributed by atoms with Gasteiger partial charge in [0.1, 0.15) is 18.0 Å². The lowest BCUT2D eigenvalue weighted by Gasteiger charge is -2.26. The van der Waals surface area contributed by atoms with Crippen molar-refractivity contribution in [2.45, 2.75) is 31.7 Å². The molecule has 0 aromatic carbocycles. The number of hydrogen-bond donors (Lipinski definition) is 3. The van der Waals surface area contributed by atoms with Gasteiger partial charge in [-0.05, 0) is 25.7 Å². The van der Waals surface area contributed by atoms with Crippen LogP contribution in [0.2, 0.25) is 0 Å². The van der Waals surface area contributed by atoms with Gasteiger partial charge in [0.25, 0.3) is 0 Å². The fraction of sp³-hybridized carbons (Fsp3) is 0.636. The molecule has 3 N–H and O–H groups in total. The molecule has 2 rings (SSSR count). The Labute approximate surface area is 95.3 Å². The Morgan fingerprint density at radius 3 is 2.81 bits per heavy atom. The summed E-state index contributed by atoms with van der Waals surface area (Å²) in [5, 5.41) is 15.2. The molecule has 0 atom stereocenters. The SMILES string of the molecule is OCCCNc1cc(NC2CCC2)ncn1. The molecule has 1 aliphatic carbocycles. The molecular weight excluding hydrogens is 204 g/mol. The molecule has 1 fully saturated rings. The predicted molar refractivity (Wildman–Crippen MR) is 63.5 cm³/mol. The first kappa shape index (κ1) is 11.1. The number of aliphatic hydroxyl groups excluding tert-OH is 1. The minimum absolute atomic E-state index is 0.200. The van der Waals surface area contributed by atoms with Gasteiger partial charge in [0.15, 0.2) is 0 Å². The van der Waals surface area contributed by atoms with Crippen LogP contribution in [0.15, 0.2) is 12.4 Å². The van der Waals surface area contributed by atoms with Crippen molar-refractivity contribution < 1.29 is 5.11 Å². The van der Waals surface area contributed by atoms with E-state index in [4.69, 9.17) is 5.11 Å². The van der Waals surface area contributed by atoms with E-state index < -0.39 is 0 Å². The Bertz CT molecular complexity index is 328. The van der Waals surface area contributed by atoms with Crippen molar-refractivity contribution in [3.63, 3.8) is 0 Å². The van der Waals surface area contributed by atoms with Crippen molar-refractivity contribution in [2.75, 3.05) is 23.8 Å². The minimum atomic E-state index is 0.200. The van der Waals surface area contributed by atoms with E-state index in [1.54, 1.807) is 6.33 Å². The van der Waals surface area contributed by atoms with Crippen molar-refractivity contribution in [1.82, 2.24) is 9.97 Å². The monoisotopic (exact) mass is 222 g/mol. The van der Waals surface area contributed by atoms with Gasteiger partial charge in [-0.25, -0.2) is 9.97 Å². The van der Waals surface area contributed by atoms with Gasteiger partial charge in [-0.2, -0.15) is 0 Å². The van der Waals surface area contributed by atoms with Crippen molar-refractivity contribution in [3.05, 3.63) is 12.4 Å². The summed E-state index contributed by atoms with van der Waals surface area (Å²) in [7, 11) is 0. The van der Waals surface area contributed by atoms with Crippen LogP contribution in [0.3, 0.4) is 0 Å². The fourth-order valence-electron chi connectivity index (χ4n) is 1.59. The summed E-state index contributed by atoms with van der Waals surface area (Å²) in [6.07, 6.45) is 6.07. The van der Waals surface area contributed by atoms with Crippen molar-refractivity contribution >= 4 is 11.6 Å². The zero-order chi connectivity index (χ0) is 11.2. The van der Waals surface area contributed by atoms with Gasteiger partial charge in [-0.1, -0.05) is 0 Å². The summed E-state index contributed by atoms with van der Waals surface area (Å²) in [5.41, 5.74) is 0. The number of hydrogen-bond acceptors (Lipinski definition) is 5. The Kier molecular flexibility index (Phi) is 3.93. The first-order valence-corrected chi connectivity index (χ1v) is 5.82. The third-order valence-corrected chi connectivity index (χ3v) is 2.77. The average molecular weight is 222 g/mol. The molecule has 5 nitrogen and oxygen atoms in total. The second-order valence-corrected chi connectivity index (χ2v) is 4.06. The maximum absolute atomic E-state index is 8.67. The largest absolute Gasteiger partial charge is 0.396 e. The van der Waals surface area contributed by atoms with E-state index in [1.807, 2.05) is 6.07 Å². The summed E-state index contributed by atoms with van der Waals surface area (Å²) in [4.78, 5) is 8.30. The normalized spacial score (nSPS) is 15.6. The first-order chi connectivity index (χ1) is 7.88. The van der Waals surface area contributed by atoms with Gasteiger partial charge in [-0.3, -0.25) is 0 Å². The summed E-state index contributed by atoms with van der Waals surface area (Å²) < 4.78 is 0. The van der Waals surface area contributed by atoms with Crippen LogP contribution in [0, 0.1) is 0 Å².